The van der Waals surface area contributed by atoms with Gasteiger partial charge in [-0.1, -0.05) is 12.1 Å². The maximum Gasteiger partial charge on any atom is 0.335 e. The first-order chi connectivity index (χ1) is 9.15. The highest BCUT2D eigenvalue weighted by Gasteiger charge is 2.10. The lowest BCUT2D eigenvalue weighted by atomic mass is 10.2. The summed E-state index contributed by atoms with van der Waals surface area (Å²) < 4.78 is 1.73. The van der Waals surface area contributed by atoms with Crippen LogP contribution in [0.5, 0.6) is 0 Å². The number of carboxylic acid groups (broad SMARTS) is 1. The van der Waals surface area contributed by atoms with E-state index in [1.807, 2.05) is 18.2 Å². The molecule has 0 aliphatic heterocycles. The number of nitrogens with one attached hydrogen (secondary N) is 1. The molecule has 2 N–H and O–H groups in total. The number of hydrogen-bond donors (Lipinski definition) is 2. The van der Waals surface area contributed by atoms with Crippen LogP contribution in [0.3, 0.4) is 0 Å². The van der Waals surface area contributed by atoms with E-state index in [9.17, 15) is 9.59 Å². The molecule has 0 saturated heterocycles. The monoisotopic (exact) mass is 257 g/mol. The Hall–Kier alpha value is -2.69. The summed E-state index contributed by atoms with van der Waals surface area (Å²) in [6.45, 7) is 0.179. The number of anilines is 1. The topological polar surface area (TPSA) is 70.3 Å². The molecule has 0 fully saturated rings. The molecule has 5 heteroatoms. The molecule has 1 aromatic carbocycles. The number of hydrogen-bond acceptors (Lipinski definition) is 2. The Morgan fingerprint density at radius 2 is 1.84 bits per heavy atom. The van der Waals surface area contributed by atoms with Gasteiger partial charge in [-0.25, -0.2) is 4.79 Å². The molecule has 0 aliphatic rings. The molecular weight excluding hydrogens is 244 g/mol. The molecule has 0 unspecified atom stereocenters. The normalized spacial score (nSPS) is 9.89. The lowest BCUT2D eigenvalue weighted by Gasteiger charge is -2.04. The summed E-state index contributed by atoms with van der Waals surface area (Å²) >= 11 is 0. The van der Waals surface area contributed by atoms with E-state index in [4.69, 9.17) is 5.11 Å². The predicted molar refractivity (Wildman–Crippen MR) is 68.7 cm³/mol. The van der Waals surface area contributed by atoms with Crippen LogP contribution in [-0.4, -0.2) is 17.0 Å². The second-order valence-corrected chi connectivity index (χ2v) is 3.98. The van der Waals surface area contributed by atoms with Gasteiger partial charge in [0.2, 0.25) is 6.54 Å². The fourth-order valence-corrected chi connectivity index (χ4v) is 1.64. The number of aromatic nitrogens is 1. The summed E-state index contributed by atoms with van der Waals surface area (Å²) in [5.41, 5.74) is 0.617. The molecule has 5 nitrogen and oxygen atoms in total. The minimum Gasteiger partial charge on any atom is -0.478 e. The van der Waals surface area contributed by atoms with Gasteiger partial charge in [-0.2, -0.15) is 4.57 Å². The van der Waals surface area contributed by atoms with Crippen molar-refractivity contribution in [2.45, 2.75) is 6.54 Å². The molecule has 0 bridgehead atoms. The first kappa shape index (κ1) is 12.8. The Labute approximate surface area is 110 Å². The number of benzene rings is 1. The van der Waals surface area contributed by atoms with Crippen molar-refractivity contribution in [1.29, 1.82) is 0 Å². The molecule has 0 radical (unpaired) electrons. The Morgan fingerprint density at radius 1 is 1.11 bits per heavy atom. The van der Waals surface area contributed by atoms with Gasteiger partial charge in [0.05, 0.1) is 5.56 Å². The van der Waals surface area contributed by atoms with Crippen molar-refractivity contribution in [2.24, 2.45) is 0 Å². The van der Waals surface area contributed by atoms with Crippen LogP contribution in [0.15, 0.2) is 54.9 Å². The summed E-state index contributed by atoms with van der Waals surface area (Å²) in [7, 11) is 0. The minimum absolute atomic E-state index is 0.144. The van der Waals surface area contributed by atoms with E-state index in [2.05, 4.69) is 5.32 Å². The molecule has 2 aromatic rings. The maximum atomic E-state index is 11.8. The van der Waals surface area contributed by atoms with E-state index in [-0.39, 0.29) is 18.0 Å². The van der Waals surface area contributed by atoms with Crippen LogP contribution >= 0.6 is 0 Å². The third-order valence-electron chi connectivity index (χ3n) is 2.50. The smallest absolute Gasteiger partial charge is 0.335 e. The first-order valence-corrected chi connectivity index (χ1v) is 5.72. The van der Waals surface area contributed by atoms with Gasteiger partial charge in [0.1, 0.15) is 0 Å². The Bertz CT molecular complexity index is 597. The fourth-order valence-electron chi connectivity index (χ4n) is 1.64. The van der Waals surface area contributed by atoms with Crippen molar-refractivity contribution in [3.63, 3.8) is 0 Å². The zero-order valence-corrected chi connectivity index (χ0v) is 10.1. The molecule has 1 amide bonds. The standard InChI is InChI=1S/C14H12N2O3/c17-13(10-16-7-2-1-3-8-16)15-12-6-4-5-11(9-12)14(18)19/h1-9H,10H2,(H-,15,17,18,19)/p+1. The Balaban J connectivity index is 2.03. The van der Waals surface area contributed by atoms with Crippen molar-refractivity contribution in [1.82, 2.24) is 0 Å². The van der Waals surface area contributed by atoms with Gasteiger partial charge in [-0.05, 0) is 18.2 Å². The van der Waals surface area contributed by atoms with Gasteiger partial charge in [0, 0.05) is 17.8 Å². The van der Waals surface area contributed by atoms with E-state index in [1.54, 1.807) is 29.1 Å². The summed E-state index contributed by atoms with van der Waals surface area (Å²) in [5.74, 6) is -1.23. The Morgan fingerprint density at radius 3 is 2.53 bits per heavy atom. The predicted octanol–water partition coefficient (Wildman–Crippen LogP) is 1.31. The number of nitrogens with zero attached hydrogens (tertiary/aromatic N) is 1. The van der Waals surface area contributed by atoms with Crippen LogP contribution < -0.4 is 9.88 Å². The van der Waals surface area contributed by atoms with Gasteiger partial charge in [-0.3, -0.25) is 4.79 Å². The van der Waals surface area contributed by atoms with Crippen LogP contribution in [0.4, 0.5) is 5.69 Å². The number of aromatic carboxylic acids is 1. The van der Waals surface area contributed by atoms with Crippen molar-refractivity contribution in [3.8, 4) is 0 Å². The van der Waals surface area contributed by atoms with E-state index < -0.39 is 5.97 Å². The molecular formula is C14H13N2O3+. The van der Waals surface area contributed by atoms with Crippen molar-refractivity contribution in [3.05, 3.63) is 60.4 Å². The zero-order valence-electron chi connectivity index (χ0n) is 10.1. The fraction of sp³-hybridized carbons (Fsp3) is 0.0714. The summed E-state index contributed by atoms with van der Waals surface area (Å²) in [6, 6.07) is 11.7. The first-order valence-electron chi connectivity index (χ1n) is 5.72. The van der Waals surface area contributed by atoms with Crippen molar-refractivity contribution in [2.75, 3.05) is 5.32 Å². The van der Waals surface area contributed by atoms with Crippen LogP contribution in [0, 0.1) is 0 Å². The lowest BCUT2D eigenvalue weighted by Crippen LogP contribution is -2.39. The number of carboxylic acids is 1. The second-order valence-electron chi connectivity index (χ2n) is 3.98. The summed E-state index contributed by atoms with van der Waals surface area (Å²) in [6.07, 6.45) is 3.57. The summed E-state index contributed by atoms with van der Waals surface area (Å²) in [5, 5.41) is 11.5. The quantitative estimate of drug-likeness (QED) is 0.811. The average Bonchev–Trinajstić information content (AvgIpc) is 2.40. The molecule has 96 valence electrons. The van der Waals surface area contributed by atoms with Crippen molar-refractivity contribution >= 4 is 17.6 Å². The van der Waals surface area contributed by atoms with Crippen LogP contribution in [-0.2, 0) is 11.3 Å². The average molecular weight is 257 g/mol. The van der Waals surface area contributed by atoms with E-state index in [0.29, 0.717) is 5.69 Å². The van der Waals surface area contributed by atoms with Gasteiger partial charge in [0.25, 0.3) is 5.91 Å². The van der Waals surface area contributed by atoms with Crippen molar-refractivity contribution < 1.29 is 19.3 Å². The van der Waals surface area contributed by atoms with Crippen LogP contribution in [0.1, 0.15) is 10.4 Å². The molecule has 0 aliphatic carbocycles. The van der Waals surface area contributed by atoms with Crippen LogP contribution in [0.25, 0.3) is 0 Å². The zero-order chi connectivity index (χ0) is 13.7. The number of carbonyl (C=O) groups is 2. The van der Waals surface area contributed by atoms with Crippen LogP contribution in [0.2, 0.25) is 0 Å². The minimum atomic E-state index is -1.02. The van der Waals surface area contributed by atoms with E-state index >= 15 is 0 Å². The molecule has 1 heterocycles. The van der Waals surface area contributed by atoms with Gasteiger partial charge in [-0.15, -0.1) is 0 Å². The third-order valence-corrected chi connectivity index (χ3v) is 2.50. The highest BCUT2D eigenvalue weighted by Crippen LogP contribution is 2.10. The molecule has 19 heavy (non-hydrogen) atoms. The molecule has 0 spiro atoms. The number of rotatable bonds is 4. The van der Waals surface area contributed by atoms with Gasteiger partial charge < -0.3 is 10.4 Å². The van der Waals surface area contributed by atoms with Gasteiger partial charge >= 0.3 is 5.97 Å². The third kappa shape index (κ3) is 3.64. The second kappa shape index (κ2) is 5.77. The SMILES string of the molecule is O=C(C[n+]1ccccc1)Nc1cccc(C(=O)O)c1. The molecule has 0 saturated carbocycles. The van der Waals surface area contributed by atoms with E-state index in [0.717, 1.165) is 0 Å². The molecule has 1 aromatic heterocycles. The number of pyridine rings is 1. The maximum absolute atomic E-state index is 11.8. The highest BCUT2D eigenvalue weighted by molar-refractivity contribution is 5.93. The number of amides is 1. The van der Waals surface area contributed by atoms with E-state index in [1.165, 1.54) is 12.1 Å². The molecule has 0 atom stereocenters. The number of carbonyl (C=O) groups excluding carboxylic acids is 1. The lowest BCUT2D eigenvalue weighted by molar-refractivity contribution is -0.684. The summed E-state index contributed by atoms with van der Waals surface area (Å²) in [4.78, 5) is 22.6. The van der Waals surface area contributed by atoms with Gasteiger partial charge in [0.15, 0.2) is 12.4 Å². The Kier molecular flexibility index (Phi) is 3.87. The highest BCUT2D eigenvalue weighted by atomic mass is 16.4. The molecule has 2 rings (SSSR count). The largest absolute Gasteiger partial charge is 0.478 e.